The monoisotopic (exact) mass is 155 g/mol. The van der Waals surface area contributed by atoms with Crippen molar-refractivity contribution in [3.8, 4) is 0 Å². The molecule has 0 aliphatic rings. The van der Waals surface area contributed by atoms with Gasteiger partial charge in [-0.3, -0.25) is 0 Å². The van der Waals surface area contributed by atoms with Crippen molar-refractivity contribution in [3.63, 3.8) is 0 Å². The molecule has 0 aromatic heterocycles. The van der Waals surface area contributed by atoms with E-state index in [1.807, 2.05) is 0 Å². The molecule has 0 rings (SSSR count). The van der Waals surface area contributed by atoms with Crippen molar-refractivity contribution in [2.75, 3.05) is 0 Å². The molecule has 0 saturated carbocycles. The van der Waals surface area contributed by atoms with Crippen LogP contribution in [0.25, 0.3) is 0 Å². The average Bonchev–Trinajstić information content (AvgIpc) is 1.38. The van der Waals surface area contributed by atoms with Crippen LogP contribution in [0.2, 0.25) is 0 Å². The molecule has 1 heteroatoms. The van der Waals surface area contributed by atoms with Crippen molar-refractivity contribution < 1.29 is 32.7 Å². The Bertz CT molecular complexity index is 55.0. The number of rotatable bonds is 1. The Balaban J connectivity index is 0. The minimum atomic E-state index is 0. The minimum absolute atomic E-state index is 0. The van der Waals surface area contributed by atoms with E-state index in [0.29, 0.717) is 5.57 Å². The quantitative estimate of drug-likeness (QED) is 0.396. The van der Waals surface area contributed by atoms with E-state index in [0.717, 1.165) is 0 Å². The van der Waals surface area contributed by atoms with Crippen molar-refractivity contribution >= 4 is 0 Å². The summed E-state index contributed by atoms with van der Waals surface area (Å²) in [6, 6.07) is 0. The van der Waals surface area contributed by atoms with E-state index >= 15 is 0 Å². The first-order chi connectivity index (χ1) is 2.27. The van der Waals surface area contributed by atoms with Gasteiger partial charge in [-0.25, -0.2) is 0 Å². The van der Waals surface area contributed by atoms with Crippen LogP contribution in [0.5, 0.6) is 0 Å². The maximum Gasteiger partial charge on any atom is 0 e. The van der Waals surface area contributed by atoms with Crippen LogP contribution in [-0.4, -0.2) is 0 Å². The zero-order valence-electron chi connectivity index (χ0n) is 3.81. The van der Waals surface area contributed by atoms with Crippen LogP contribution in [0.15, 0.2) is 11.6 Å². The van der Waals surface area contributed by atoms with Gasteiger partial charge in [-0.1, -0.05) is 0 Å². The molecule has 0 saturated heterocycles. The molecule has 6 heavy (non-hydrogen) atoms. The second kappa shape index (κ2) is 5.58. The summed E-state index contributed by atoms with van der Waals surface area (Å²) in [7, 11) is 0. The van der Waals surface area contributed by atoms with Crippen LogP contribution in [-0.2, 0) is 32.7 Å². The van der Waals surface area contributed by atoms with Gasteiger partial charge in [0.15, 0.2) is 0 Å². The van der Waals surface area contributed by atoms with Gasteiger partial charge in [0, 0.05) is 32.7 Å². The summed E-state index contributed by atoms with van der Waals surface area (Å²) in [5.74, 6) is 0. The van der Waals surface area contributed by atoms with Gasteiger partial charge in [-0.2, -0.15) is 0 Å². The first-order valence-electron chi connectivity index (χ1n) is 1.41. The average molecular weight is 155 g/mol. The standard InChI is InChI=1S/C5H6.Y/c1-4-5(2)3;/h1-2,4H,3H3;/q-2;. The van der Waals surface area contributed by atoms with Gasteiger partial charge in [0.2, 0.25) is 0 Å². The van der Waals surface area contributed by atoms with E-state index < -0.39 is 0 Å². The third kappa shape index (κ3) is 8.82. The van der Waals surface area contributed by atoms with Gasteiger partial charge >= 0.3 is 0 Å². The zero-order valence-corrected chi connectivity index (χ0v) is 6.65. The Morgan fingerprint density at radius 1 is 1.67 bits per heavy atom. The molecule has 0 nitrogen and oxygen atoms in total. The molecule has 0 aliphatic carbocycles. The third-order valence-corrected chi connectivity index (χ3v) is 0.263. The molecule has 0 N–H and O–H groups in total. The summed E-state index contributed by atoms with van der Waals surface area (Å²) < 4.78 is 0. The second-order valence-electron chi connectivity index (χ2n) is 0.911. The third-order valence-electron chi connectivity index (χ3n) is 0.263. The number of hydrogen-bond acceptors (Lipinski definition) is 0. The van der Waals surface area contributed by atoms with E-state index in [-0.39, 0.29) is 32.7 Å². The molecule has 0 spiro atoms. The smallest absolute Gasteiger partial charge is 0 e. The van der Waals surface area contributed by atoms with Gasteiger partial charge in [0.05, 0.1) is 0 Å². The van der Waals surface area contributed by atoms with E-state index in [9.17, 15) is 0 Å². The molecule has 0 unspecified atom stereocenters. The normalized spacial score (nSPS) is 5.50. The Morgan fingerprint density at radius 2 is 1.83 bits per heavy atom. The fourth-order valence-corrected chi connectivity index (χ4v) is 0. The molecule has 0 atom stereocenters. The predicted molar refractivity (Wildman–Crippen MR) is 22.4 cm³/mol. The van der Waals surface area contributed by atoms with Gasteiger partial charge in [0.25, 0.3) is 0 Å². The van der Waals surface area contributed by atoms with Crippen LogP contribution >= 0.6 is 0 Å². The Morgan fingerprint density at radius 3 is 1.83 bits per heavy atom. The van der Waals surface area contributed by atoms with Crippen LogP contribution in [0.4, 0.5) is 0 Å². The van der Waals surface area contributed by atoms with Crippen molar-refractivity contribution in [1.29, 1.82) is 0 Å². The van der Waals surface area contributed by atoms with Crippen molar-refractivity contribution in [3.05, 3.63) is 24.8 Å². The van der Waals surface area contributed by atoms with Crippen molar-refractivity contribution in [2.45, 2.75) is 6.92 Å². The minimum Gasteiger partial charge on any atom is -0.394 e. The molecule has 0 heterocycles. The topological polar surface area (TPSA) is 0 Å². The second-order valence-corrected chi connectivity index (χ2v) is 0.911. The van der Waals surface area contributed by atoms with E-state index in [1.165, 1.54) is 6.08 Å². The van der Waals surface area contributed by atoms with Crippen molar-refractivity contribution in [2.24, 2.45) is 0 Å². The van der Waals surface area contributed by atoms with Gasteiger partial charge in [-0.15, -0.1) is 6.92 Å². The van der Waals surface area contributed by atoms with E-state index in [1.54, 1.807) is 6.92 Å². The fourth-order valence-electron chi connectivity index (χ4n) is 0. The zero-order chi connectivity index (χ0) is 4.28. The molecule has 0 bridgehead atoms. The first kappa shape index (κ1) is 9.77. The molecular weight excluding hydrogens is 149 g/mol. The summed E-state index contributed by atoms with van der Waals surface area (Å²) in [5.41, 5.74) is 0.657. The van der Waals surface area contributed by atoms with Gasteiger partial charge < -0.3 is 24.8 Å². The summed E-state index contributed by atoms with van der Waals surface area (Å²) in [6.45, 7) is 11.6. The van der Waals surface area contributed by atoms with Gasteiger partial charge in [0.1, 0.15) is 0 Å². The van der Waals surface area contributed by atoms with Crippen LogP contribution in [0.3, 0.4) is 0 Å². The maximum absolute atomic E-state index is 5.03. The molecule has 0 aromatic carbocycles. The fraction of sp³-hybridized carbons (Fsp3) is 0.200. The van der Waals surface area contributed by atoms with Crippen molar-refractivity contribution in [1.82, 2.24) is 0 Å². The molecule has 0 amide bonds. The largest absolute Gasteiger partial charge is 0.394 e. The van der Waals surface area contributed by atoms with Crippen LogP contribution in [0.1, 0.15) is 6.92 Å². The molecule has 0 aromatic rings. The Hall–Kier alpha value is 0.584. The van der Waals surface area contributed by atoms with Crippen LogP contribution < -0.4 is 0 Å². The predicted octanol–water partition coefficient (Wildman–Crippen LogP) is 1.35. The molecule has 0 fully saturated rings. The van der Waals surface area contributed by atoms with Gasteiger partial charge in [-0.05, 0) is 0 Å². The molecule has 1 radical (unpaired) electrons. The summed E-state index contributed by atoms with van der Waals surface area (Å²) in [5, 5.41) is 0. The van der Waals surface area contributed by atoms with Crippen LogP contribution in [0, 0.1) is 13.2 Å². The maximum atomic E-state index is 5.03. The number of allylic oxidation sites excluding steroid dienone is 2. The number of hydrogen-bond donors (Lipinski definition) is 0. The molecule has 31 valence electrons. The molecular formula is C5H6Y-2. The molecule has 0 aliphatic heterocycles. The van der Waals surface area contributed by atoms with E-state index in [4.69, 9.17) is 13.2 Å². The Labute approximate surface area is 64.2 Å². The SMILES string of the molecule is [CH-]=CC(=[CH-])C.[Y]. The first-order valence-corrected chi connectivity index (χ1v) is 1.41. The van der Waals surface area contributed by atoms with E-state index in [2.05, 4.69) is 0 Å². The summed E-state index contributed by atoms with van der Waals surface area (Å²) in [6.07, 6.45) is 1.36. The summed E-state index contributed by atoms with van der Waals surface area (Å²) in [4.78, 5) is 0. The Kier molecular flexibility index (Phi) is 9.09. The summed E-state index contributed by atoms with van der Waals surface area (Å²) >= 11 is 0.